The molecule has 5 nitrogen and oxygen atoms in total. The minimum atomic E-state index is 0.533. The molecule has 23 heavy (non-hydrogen) atoms. The molecule has 1 aromatic heterocycles. The number of fused-ring (bicyclic) bond motifs is 1. The van der Waals surface area contributed by atoms with Crippen molar-refractivity contribution < 1.29 is 4.74 Å². The summed E-state index contributed by atoms with van der Waals surface area (Å²) in [5.41, 5.74) is 2.07. The molecular weight excluding hydrogens is 288 g/mol. The van der Waals surface area contributed by atoms with E-state index in [-0.39, 0.29) is 0 Å². The van der Waals surface area contributed by atoms with E-state index in [1.165, 1.54) is 16.3 Å². The lowest BCUT2D eigenvalue weighted by molar-refractivity contribution is 0.307. The standard InChI is InChI=1S/C18H14N4O/c1-2-7-18-14(4-1)5-3-6-15(18)12-23-17-10-8-16(9-11-17)22-13-19-20-21-22/h1-11,13H,12H2. The van der Waals surface area contributed by atoms with Crippen molar-refractivity contribution in [3.05, 3.63) is 78.6 Å². The zero-order valence-electron chi connectivity index (χ0n) is 12.3. The van der Waals surface area contributed by atoms with Crippen molar-refractivity contribution in [1.82, 2.24) is 20.2 Å². The highest BCUT2D eigenvalue weighted by molar-refractivity contribution is 5.85. The van der Waals surface area contributed by atoms with Crippen molar-refractivity contribution in [3.8, 4) is 11.4 Å². The second-order valence-corrected chi connectivity index (χ2v) is 5.18. The summed E-state index contributed by atoms with van der Waals surface area (Å²) < 4.78 is 7.52. The van der Waals surface area contributed by atoms with Crippen LogP contribution in [0.4, 0.5) is 0 Å². The predicted octanol–water partition coefficient (Wildman–Crippen LogP) is 3.39. The summed E-state index contributed by atoms with van der Waals surface area (Å²) in [4.78, 5) is 0. The van der Waals surface area contributed by atoms with E-state index >= 15 is 0 Å². The summed E-state index contributed by atoms with van der Waals surface area (Å²) in [6, 6.07) is 22.3. The molecule has 0 unspecified atom stereocenters. The topological polar surface area (TPSA) is 52.8 Å². The lowest BCUT2D eigenvalue weighted by atomic mass is 10.1. The number of benzene rings is 3. The molecule has 0 aliphatic heterocycles. The number of hydrogen-bond acceptors (Lipinski definition) is 4. The smallest absolute Gasteiger partial charge is 0.143 e. The Labute approximate surface area is 133 Å². The fraction of sp³-hybridized carbons (Fsp3) is 0.0556. The number of hydrogen-bond donors (Lipinski definition) is 0. The zero-order valence-corrected chi connectivity index (χ0v) is 12.3. The van der Waals surface area contributed by atoms with Gasteiger partial charge in [0.1, 0.15) is 18.7 Å². The van der Waals surface area contributed by atoms with Crippen LogP contribution in [0.25, 0.3) is 16.5 Å². The Kier molecular flexibility index (Phi) is 3.44. The van der Waals surface area contributed by atoms with Crippen molar-refractivity contribution in [2.45, 2.75) is 6.61 Å². The maximum Gasteiger partial charge on any atom is 0.143 e. The number of tetrazole rings is 1. The van der Waals surface area contributed by atoms with Gasteiger partial charge in [0.05, 0.1) is 5.69 Å². The third-order valence-electron chi connectivity index (χ3n) is 3.72. The fourth-order valence-corrected chi connectivity index (χ4v) is 2.55. The van der Waals surface area contributed by atoms with Crippen LogP contribution < -0.4 is 4.74 Å². The molecule has 112 valence electrons. The van der Waals surface area contributed by atoms with E-state index in [1.54, 1.807) is 11.0 Å². The van der Waals surface area contributed by atoms with Gasteiger partial charge in [0, 0.05) is 0 Å². The van der Waals surface area contributed by atoms with Crippen LogP contribution in [-0.4, -0.2) is 20.2 Å². The van der Waals surface area contributed by atoms with Gasteiger partial charge in [-0.05, 0) is 51.0 Å². The minimum Gasteiger partial charge on any atom is -0.489 e. The Morgan fingerprint density at radius 2 is 1.70 bits per heavy atom. The SMILES string of the molecule is c1ccc2c(COc3ccc(-n4cnnn4)cc3)cccc2c1. The maximum absolute atomic E-state index is 5.91. The Balaban J connectivity index is 1.52. The summed E-state index contributed by atoms with van der Waals surface area (Å²) in [5, 5.41) is 13.6. The molecular formula is C18H14N4O. The van der Waals surface area contributed by atoms with Crippen LogP contribution in [0.15, 0.2) is 73.1 Å². The van der Waals surface area contributed by atoms with Crippen molar-refractivity contribution in [2.24, 2.45) is 0 Å². The van der Waals surface area contributed by atoms with Crippen LogP contribution >= 0.6 is 0 Å². The summed E-state index contributed by atoms with van der Waals surface area (Å²) in [6.45, 7) is 0.533. The van der Waals surface area contributed by atoms with E-state index in [4.69, 9.17) is 4.74 Å². The Bertz CT molecular complexity index is 912. The molecule has 0 bridgehead atoms. The fourth-order valence-electron chi connectivity index (χ4n) is 2.55. The van der Waals surface area contributed by atoms with Gasteiger partial charge in [-0.2, -0.15) is 0 Å². The average molecular weight is 302 g/mol. The quantitative estimate of drug-likeness (QED) is 0.580. The first kappa shape index (κ1) is 13.5. The molecule has 4 rings (SSSR count). The first-order valence-electron chi connectivity index (χ1n) is 7.33. The molecule has 0 spiro atoms. The van der Waals surface area contributed by atoms with E-state index in [0.717, 1.165) is 11.4 Å². The van der Waals surface area contributed by atoms with Crippen molar-refractivity contribution >= 4 is 10.8 Å². The minimum absolute atomic E-state index is 0.533. The molecule has 0 N–H and O–H groups in total. The van der Waals surface area contributed by atoms with Crippen molar-refractivity contribution in [2.75, 3.05) is 0 Å². The van der Waals surface area contributed by atoms with Crippen molar-refractivity contribution in [3.63, 3.8) is 0 Å². The van der Waals surface area contributed by atoms with E-state index < -0.39 is 0 Å². The largest absolute Gasteiger partial charge is 0.489 e. The highest BCUT2D eigenvalue weighted by Gasteiger charge is 2.03. The number of rotatable bonds is 4. The second-order valence-electron chi connectivity index (χ2n) is 5.18. The summed E-state index contributed by atoms with van der Waals surface area (Å²) >= 11 is 0. The Morgan fingerprint density at radius 3 is 2.52 bits per heavy atom. The van der Waals surface area contributed by atoms with Crippen LogP contribution in [-0.2, 0) is 6.61 Å². The molecule has 1 heterocycles. The molecule has 5 heteroatoms. The van der Waals surface area contributed by atoms with Crippen LogP contribution in [0.3, 0.4) is 0 Å². The van der Waals surface area contributed by atoms with Gasteiger partial charge in [0.2, 0.25) is 0 Å². The molecule has 3 aromatic carbocycles. The Hall–Kier alpha value is -3.21. The van der Waals surface area contributed by atoms with Gasteiger partial charge in [0.15, 0.2) is 0 Å². The Morgan fingerprint density at radius 1 is 0.870 bits per heavy atom. The number of ether oxygens (including phenoxy) is 1. The highest BCUT2D eigenvalue weighted by Crippen LogP contribution is 2.21. The maximum atomic E-state index is 5.91. The molecule has 0 fully saturated rings. The first-order chi connectivity index (χ1) is 11.4. The van der Waals surface area contributed by atoms with E-state index in [1.807, 2.05) is 36.4 Å². The predicted molar refractivity (Wildman–Crippen MR) is 87.4 cm³/mol. The van der Waals surface area contributed by atoms with Gasteiger partial charge in [0.25, 0.3) is 0 Å². The number of aromatic nitrogens is 4. The summed E-state index contributed by atoms with van der Waals surface area (Å²) in [6.07, 6.45) is 1.56. The lowest BCUT2D eigenvalue weighted by Gasteiger charge is -2.09. The third kappa shape index (κ3) is 2.76. The lowest BCUT2D eigenvalue weighted by Crippen LogP contribution is -1.98. The van der Waals surface area contributed by atoms with E-state index in [0.29, 0.717) is 6.61 Å². The van der Waals surface area contributed by atoms with Crippen molar-refractivity contribution in [1.29, 1.82) is 0 Å². The van der Waals surface area contributed by atoms with Crippen LogP contribution in [0.2, 0.25) is 0 Å². The molecule has 0 atom stereocenters. The van der Waals surface area contributed by atoms with Gasteiger partial charge >= 0.3 is 0 Å². The number of nitrogens with zero attached hydrogens (tertiary/aromatic N) is 4. The monoisotopic (exact) mass is 302 g/mol. The second kappa shape index (κ2) is 5.88. The summed E-state index contributed by atoms with van der Waals surface area (Å²) in [7, 11) is 0. The van der Waals surface area contributed by atoms with Gasteiger partial charge in [-0.15, -0.1) is 5.10 Å². The van der Waals surface area contributed by atoms with E-state index in [9.17, 15) is 0 Å². The van der Waals surface area contributed by atoms with Gasteiger partial charge < -0.3 is 4.74 Å². The molecule has 0 saturated heterocycles. The zero-order chi connectivity index (χ0) is 15.5. The van der Waals surface area contributed by atoms with Crippen LogP contribution in [0.5, 0.6) is 5.75 Å². The third-order valence-corrected chi connectivity index (χ3v) is 3.72. The van der Waals surface area contributed by atoms with Crippen LogP contribution in [0, 0.1) is 0 Å². The van der Waals surface area contributed by atoms with Gasteiger partial charge in [-0.3, -0.25) is 0 Å². The molecule has 0 radical (unpaired) electrons. The highest BCUT2D eigenvalue weighted by atomic mass is 16.5. The molecule has 0 aliphatic rings. The molecule has 4 aromatic rings. The van der Waals surface area contributed by atoms with Gasteiger partial charge in [-0.25, -0.2) is 4.68 Å². The summed E-state index contributed by atoms with van der Waals surface area (Å²) in [5.74, 6) is 0.815. The molecule has 0 saturated carbocycles. The van der Waals surface area contributed by atoms with E-state index in [2.05, 4.69) is 45.9 Å². The molecule has 0 amide bonds. The van der Waals surface area contributed by atoms with Crippen LogP contribution in [0.1, 0.15) is 5.56 Å². The molecule has 0 aliphatic carbocycles. The first-order valence-corrected chi connectivity index (χ1v) is 7.33. The average Bonchev–Trinajstić information content (AvgIpc) is 3.15. The normalized spacial score (nSPS) is 10.8. The van der Waals surface area contributed by atoms with Gasteiger partial charge in [-0.1, -0.05) is 42.5 Å².